The third-order valence-corrected chi connectivity index (χ3v) is 5.29. The molecule has 0 unspecified atom stereocenters. The van der Waals surface area contributed by atoms with Gasteiger partial charge >= 0.3 is 5.97 Å². The molecule has 148 valence electrons. The Morgan fingerprint density at radius 2 is 1.64 bits per heavy atom. The molecule has 2 aromatic rings. The van der Waals surface area contributed by atoms with E-state index in [9.17, 15) is 9.59 Å². The van der Waals surface area contributed by atoms with Crippen molar-refractivity contribution in [3.8, 4) is 5.75 Å². The van der Waals surface area contributed by atoms with Gasteiger partial charge in [-0.2, -0.15) is 0 Å². The third-order valence-electron chi connectivity index (χ3n) is 4.55. The van der Waals surface area contributed by atoms with Crippen LogP contribution in [0.1, 0.15) is 10.4 Å². The molecule has 0 aromatic heterocycles. The van der Waals surface area contributed by atoms with Crippen LogP contribution >= 0.6 is 23.2 Å². The summed E-state index contributed by atoms with van der Waals surface area (Å²) < 4.78 is 10.3. The first-order valence-electron chi connectivity index (χ1n) is 8.77. The number of methoxy groups -OCH3 is 1. The zero-order valence-corrected chi connectivity index (χ0v) is 16.9. The summed E-state index contributed by atoms with van der Waals surface area (Å²) in [7, 11) is 1.63. The number of esters is 1. The smallest absolute Gasteiger partial charge is 0.338 e. The summed E-state index contributed by atoms with van der Waals surface area (Å²) in [6, 6.07) is 12.3. The maximum Gasteiger partial charge on any atom is 0.338 e. The number of nitrogens with zero attached hydrogens (tertiary/aromatic N) is 2. The minimum absolute atomic E-state index is 0.220. The summed E-state index contributed by atoms with van der Waals surface area (Å²) in [5.41, 5.74) is 1.34. The van der Waals surface area contributed by atoms with Crippen LogP contribution in [-0.4, -0.2) is 56.7 Å². The molecule has 8 heteroatoms. The van der Waals surface area contributed by atoms with Gasteiger partial charge in [0, 0.05) is 31.9 Å². The van der Waals surface area contributed by atoms with E-state index < -0.39 is 5.97 Å². The SMILES string of the molecule is COc1ccc(N2CCN(C(=O)COC(=O)c3ccc(Cl)c(Cl)c3)CC2)cc1. The van der Waals surface area contributed by atoms with Crippen LogP contribution in [0.25, 0.3) is 0 Å². The molecule has 6 nitrogen and oxygen atoms in total. The summed E-state index contributed by atoms with van der Waals surface area (Å²) in [6.45, 7) is 2.24. The van der Waals surface area contributed by atoms with Gasteiger partial charge in [-0.3, -0.25) is 4.79 Å². The third kappa shape index (κ3) is 4.88. The van der Waals surface area contributed by atoms with E-state index in [1.807, 2.05) is 24.3 Å². The Labute approximate surface area is 173 Å². The zero-order valence-electron chi connectivity index (χ0n) is 15.4. The van der Waals surface area contributed by atoms with Gasteiger partial charge in [-0.1, -0.05) is 23.2 Å². The second kappa shape index (κ2) is 9.17. The topological polar surface area (TPSA) is 59.1 Å². The van der Waals surface area contributed by atoms with E-state index in [1.54, 1.807) is 12.0 Å². The largest absolute Gasteiger partial charge is 0.497 e. The second-order valence-electron chi connectivity index (χ2n) is 6.27. The number of carbonyl (C=O) groups is 2. The van der Waals surface area contributed by atoms with Crippen LogP contribution in [-0.2, 0) is 9.53 Å². The lowest BCUT2D eigenvalue weighted by molar-refractivity contribution is -0.134. The van der Waals surface area contributed by atoms with E-state index in [1.165, 1.54) is 18.2 Å². The molecule has 2 aromatic carbocycles. The summed E-state index contributed by atoms with van der Waals surface area (Å²) in [6.07, 6.45) is 0. The summed E-state index contributed by atoms with van der Waals surface area (Å²) in [5, 5.41) is 0.612. The van der Waals surface area contributed by atoms with Crippen LogP contribution in [0.15, 0.2) is 42.5 Å². The molecule has 1 aliphatic heterocycles. The number of hydrogen-bond donors (Lipinski definition) is 0. The van der Waals surface area contributed by atoms with Gasteiger partial charge in [0.2, 0.25) is 0 Å². The standard InChI is InChI=1S/C20H20Cl2N2O4/c1-27-16-5-3-15(4-6-16)23-8-10-24(11-9-23)19(25)13-28-20(26)14-2-7-17(21)18(22)12-14/h2-7,12H,8-11,13H2,1H3. The molecular weight excluding hydrogens is 403 g/mol. The number of anilines is 1. The predicted octanol–water partition coefficient (Wildman–Crippen LogP) is 3.51. The van der Waals surface area contributed by atoms with Crippen LogP contribution in [0.4, 0.5) is 5.69 Å². The molecule has 0 radical (unpaired) electrons. The zero-order chi connectivity index (χ0) is 20.1. The van der Waals surface area contributed by atoms with Crippen molar-refractivity contribution in [2.75, 3.05) is 44.8 Å². The van der Waals surface area contributed by atoms with E-state index >= 15 is 0 Å². The van der Waals surface area contributed by atoms with Crippen molar-refractivity contribution in [3.63, 3.8) is 0 Å². The highest BCUT2D eigenvalue weighted by molar-refractivity contribution is 6.42. The fourth-order valence-electron chi connectivity index (χ4n) is 2.93. The van der Waals surface area contributed by atoms with Crippen LogP contribution in [0.2, 0.25) is 10.0 Å². The summed E-state index contributed by atoms with van der Waals surface area (Å²) in [4.78, 5) is 28.3. The Hall–Kier alpha value is -2.44. The Balaban J connectivity index is 1.48. The molecule has 3 rings (SSSR count). The van der Waals surface area contributed by atoms with E-state index in [0.717, 1.165) is 11.4 Å². The van der Waals surface area contributed by atoms with E-state index in [-0.39, 0.29) is 23.1 Å². The highest BCUT2D eigenvalue weighted by Gasteiger charge is 2.22. The molecule has 1 saturated heterocycles. The lowest BCUT2D eigenvalue weighted by Gasteiger charge is -2.36. The first kappa shape index (κ1) is 20.3. The number of hydrogen-bond acceptors (Lipinski definition) is 5. The lowest BCUT2D eigenvalue weighted by atomic mass is 10.2. The first-order valence-corrected chi connectivity index (χ1v) is 9.52. The van der Waals surface area contributed by atoms with Gasteiger partial charge in [-0.05, 0) is 42.5 Å². The minimum atomic E-state index is -0.608. The Bertz CT molecular complexity index is 850. The minimum Gasteiger partial charge on any atom is -0.497 e. The highest BCUT2D eigenvalue weighted by atomic mass is 35.5. The van der Waals surface area contributed by atoms with Crippen LogP contribution in [0, 0.1) is 0 Å². The van der Waals surface area contributed by atoms with E-state index in [0.29, 0.717) is 31.2 Å². The number of amides is 1. The number of piperazine rings is 1. The summed E-state index contributed by atoms with van der Waals surface area (Å²) >= 11 is 11.7. The Morgan fingerprint density at radius 1 is 0.964 bits per heavy atom. The number of ether oxygens (including phenoxy) is 2. The number of rotatable bonds is 5. The van der Waals surface area contributed by atoms with Gasteiger partial charge in [0.15, 0.2) is 6.61 Å². The van der Waals surface area contributed by atoms with Crippen molar-refractivity contribution in [2.24, 2.45) is 0 Å². The average Bonchev–Trinajstić information content (AvgIpc) is 2.74. The van der Waals surface area contributed by atoms with Crippen LogP contribution in [0.5, 0.6) is 5.75 Å². The van der Waals surface area contributed by atoms with Crippen LogP contribution < -0.4 is 9.64 Å². The van der Waals surface area contributed by atoms with Gasteiger partial charge in [0.25, 0.3) is 5.91 Å². The Morgan fingerprint density at radius 3 is 2.25 bits per heavy atom. The normalized spacial score (nSPS) is 14.0. The maximum absolute atomic E-state index is 12.3. The second-order valence-corrected chi connectivity index (χ2v) is 7.09. The van der Waals surface area contributed by atoms with Gasteiger partial charge in [-0.15, -0.1) is 0 Å². The van der Waals surface area contributed by atoms with Gasteiger partial charge in [-0.25, -0.2) is 4.79 Å². The molecule has 1 aliphatic rings. The molecule has 0 spiro atoms. The molecule has 1 amide bonds. The van der Waals surface area contributed by atoms with Gasteiger partial charge in [0.1, 0.15) is 5.75 Å². The van der Waals surface area contributed by atoms with Crippen molar-refractivity contribution in [1.29, 1.82) is 0 Å². The predicted molar refractivity (Wildman–Crippen MR) is 109 cm³/mol. The van der Waals surface area contributed by atoms with Gasteiger partial charge < -0.3 is 19.3 Å². The number of benzene rings is 2. The number of halogens is 2. The molecule has 1 heterocycles. The first-order chi connectivity index (χ1) is 13.5. The molecule has 28 heavy (non-hydrogen) atoms. The van der Waals surface area contributed by atoms with E-state index in [4.69, 9.17) is 32.7 Å². The van der Waals surface area contributed by atoms with Crippen molar-refractivity contribution in [3.05, 3.63) is 58.1 Å². The molecular formula is C20H20Cl2N2O4. The molecule has 0 saturated carbocycles. The lowest BCUT2D eigenvalue weighted by Crippen LogP contribution is -2.49. The monoisotopic (exact) mass is 422 g/mol. The number of carbonyl (C=O) groups excluding carboxylic acids is 2. The van der Waals surface area contributed by atoms with Crippen molar-refractivity contribution < 1.29 is 19.1 Å². The Kier molecular flexibility index (Phi) is 6.65. The average molecular weight is 423 g/mol. The van der Waals surface area contributed by atoms with Crippen LogP contribution in [0.3, 0.4) is 0 Å². The van der Waals surface area contributed by atoms with Gasteiger partial charge in [0.05, 0.1) is 22.7 Å². The fraction of sp³-hybridized carbons (Fsp3) is 0.300. The molecule has 0 bridgehead atoms. The van der Waals surface area contributed by atoms with Crippen molar-refractivity contribution >= 4 is 40.8 Å². The van der Waals surface area contributed by atoms with Crippen molar-refractivity contribution in [1.82, 2.24) is 4.90 Å². The molecule has 1 fully saturated rings. The fourth-order valence-corrected chi connectivity index (χ4v) is 3.23. The quantitative estimate of drug-likeness (QED) is 0.689. The van der Waals surface area contributed by atoms with E-state index in [2.05, 4.69) is 4.90 Å². The maximum atomic E-state index is 12.3. The summed E-state index contributed by atoms with van der Waals surface area (Å²) in [5.74, 6) is -0.0204. The van der Waals surface area contributed by atoms with Crippen molar-refractivity contribution in [2.45, 2.75) is 0 Å². The molecule has 0 N–H and O–H groups in total. The molecule has 0 aliphatic carbocycles. The molecule has 0 atom stereocenters. The highest BCUT2D eigenvalue weighted by Crippen LogP contribution is 2.23.